The number of thiazole rings is 1. The summed E-state index contributed by atoms with van der Waals surface area (Å²) in [5.41, 5.74) is 0.00624. The molecule has 0 unspecified atom stereocenters. The first-order chi connectivity index (χ1) is 10.1. The molecule has 0 fully saturated rings. The van der Waals surface area contributed by atoms with Crippen molar-refractivity contribution >= 4 is 22.2 Å². The van der Waals surface area contributed by atoms with Crippen molar-refractivity contribution in [2.24, 2.45) is 0 Å². The summed E-state index contributed by atoms with van der Waals surface area (Å²) in [6.45, 7) is 2.93. The summed E-state index contributed by atoms with van der Waals surface area (Å²) in [6, 6.07) is 5.98. The van der Waals surface area contributed by atoms with Crippen LogP contribution >= 0.6 is 11.3 Å². The average molecular weight is 304 g/mol. The number of ether oxygens (including phenoxy) is 1. The topological polar surface area (TPSA) is 101 Å². The van der Waals surface area contributed by atoms with Gasteiger partial charge in [0.15, 0.2) is 10.9 Å². The fourth-order valence-electron chi connectivity index (χ4n) is 1.61. The van der Waals surface area contributed by atoms with Gasteiger partial charge >= 0.3 is 5.69 Å². The second-order valence-electron chi connectivity index (χ2n) is 4.00. The Labute approximate surface area is 125 Å². The lowest BCUT2D eigenvalue weighted by molar-refractivity contribution is -0.386. The van der Waals surface area contributed by atoms with E-state index in [2.05, 4.69) is 10.3 Å². The van der Waals surface area contributed by atoms with Crippen molar-refractivity contribution in [1.29, 1.82) is 5.26 Å². The van der Waals surface area contributed by atoms with Gasteiger partial charge in [0.25, 0.3) is 0 Å². The summed E-state index contributed by atoms with van der Waals surface area (Å²) in [7, 11) is 0. The molecule has 0 saturated heterocycles. The normalized spacial score (nSPS) is 9.90. The van der Waals surface area contributed by atoms with E-state index in [0.29, 0.717) is 0 Å². The average Bonchev–Trinajstić information content (AvgIpc) is 2.93. The second-order valence-corrected chi connectivity index (χ2v) is 5.12. The molecule has 0 amide bonds. The SMILES string of the molecule is CCNc1ncc(COc2ccc(C#N)cc2[N+](=O)[O-])s1. The summed E-state index contributed by atoms with van der Waals surface area (Å²) in [5, 5.41) is 23.6. The Kier molecular flexibility index (Phi) is 4.68. The third-order valence-corrected chi connectivity index (χ3v) is 3.46. The highest BCUT2D eigenvalue weighted by atomic mass is 32.1. The highest BCUT2D eigenvalue weighted by molar-refractivity contribution is 7.15. The molecule has 0 aliphatic carbocycles. The number of nitro groups is 1. The molecule has 7 nitrogen and oxygen atoms in total. The Morgan fingerprint density at radius 1 is 1.57 bits per heavy atom. The number of nitro benzene ring substituents is 1. The maximum Gasteiger partial charge on any atom is 0.312 e. The van der Waals surface area contributed by atoms with Crippen LogP contribution < -0.4 is 10.1 Å². The molecule has 1 aromatic heterocycles. The van der Waals surface area contributed by atoms with E-state index in [9.17, 15) is 10.1 Å². The van der Waals surface area contributed by atoms with Crippen molar-refractivity contribution in [1.82, 2.24) is 4.98 Å². The molecule has 0 spiro atoms. The number of aromatic nitrogens is 1. The molecule has 8 heteroatoms. The van der Waals surface area contributed by atoms with Gasteiger partial charge in [0.2, 0.25) is 0 Å². The van der Waals surface area contributed by atoms with Crippen LogP contribution in [-0.2, 0) is 6.61 Å². The Morgan fingerprint density at radius 3 is 3.05 bits per heavy atom. The molecule has 0 aliphatic heterocycles. The van der Waals surface area contributed by atoms with Gasteiger partial charge in [0.05, 0.1) is 21.4 Å². The minimum absolute atomic E-state index is 0.136. The molecule has 0 bridgehead atoms. The number of benzene rings is 1. The predicted molar refractivity (Wildman–Crippen MR) is 78.4 cm³/mol. The quantitative estimate of drug-likeness (QED) is 0.650. The zero-order valence-corrected chi connectivity index (χ0v) is 12.0. The van der Waals surface area contributed by atoms with E-state index in [4.69, 9.17) is 10.00 Å². The van der Waals surface area contributed by atoms with Gasteiger partial charge in [0, 0.05) is 18.8 Å². The smallest absolute Gasteiger partial charge is 0.312 e. The fourth-order valence-corrected chi connectivity index (χ4v) is 2.40. The Morgan fingerprint density at radius 2 is 2.38 bits per heavy atom. The lowest BCUT2D eigenvalue weighted by Gasteiger charge is -2.05. The zero-order valence-electron chi connectivity index (χ0n) is 11.2. The van der Waals surface area contributed by atoms with Crippen LogP contribution in [0.4, 0.5) is 10.8 Å². The molecule has 0 atom stereocenters. The summed E-state index contributed by atoms with van der Waals surface area (Å²) in [6.07, 6.45) is 1.66. The molecule has 0 saturated carbocycles. The molecule has 1 aromatic carbocycles. The maximum absolute atomic E-state index is 11.0. The van der Waals surface area contributed by atoms with Gasteiger partial charge in [-0.15, -0.1) is 0 Å². The number of hydrogen-bond acceptors (Lipinski definition) is 7. The van der Waals surface area contributed by atoms with Crippen LogP contribution in [0, 0.1) is 21.4 Å². The molecule has 0 radical (unpaired) electrons. The van der Waals surface area contributed by atoms with Crippen LogP contribution in [0.25, 0.3) is 0 Å². The summed E-state index contributed by atoms with van der Waals surface area (Å²) in [5.74, 6) is 0.136. The van der Waals surface area contributed by atoms with E-state index in [1.807, 2.05) is 13.0 Å². The molecule has 108 valence electrons. The van der Waals surface area contributed by atoms with E-state index in [1.54, 1.807) is 6.20 Å². The molecule has 1 N–H and O–H groups in total. The molecular formula is C13H12N4O3S. The standard InChI is InChI=1S/C13H12N4O3S/c1-2-15-13-16-7-10(21-13)8-20-12-4-3-9(6-14)5-11(12)17(18)19/h3-5,7H,2,8H2,1H3,(H,15,16). The molecule has 2 rings (SSSR count). The Bertz CT molecular complexity index is 693. The summed E-state index contributed by atoms with van der Waals surface area (Å²) in [4.78, 5) is 15.4. The van der Waals surface area contributed by atoms with Crippen molar-refractivity contribution in [3.05, 3.63) is 45.0 Å². The molecule has 0 aliphatic rings. The Hall–Kier alpha value is -2.66. The van der Waals surface area contributed by atoms with Crippen LogP contribution in [0.3, 0.4) is 0 Å². The number of anilines is 1. The fraction of sp³-hybridized carbons (Fsp3) is 0.231. The largest absolute Gasteiger partial charge is 0.481 e. The minimum Gasteiger partial charge on any atom is -0.481 e. The first-order valence-electron chi connectivity index (χ1n) is 6.14. The van der Waals surface area contributed by atoms with Gasteiger partial charge in [-0.3, -0.25) is 10.1 Å². The first-order valence-corrected chi connectivity index (χ1v) is 6.95. The van der Waals surface area contributed by atoms with E-state index in [-0.39, 0.29) is 23.6 Å². The zero-order chi connectivity index (χ0) is 15.2. The highest BCUT2D eigenvalue weighted by Gasteiger charge is 2.16. The third-order valence-electron chi connectivity index (χ3n) is 2.54. The highest BCUT2D eigenvalue weighted by Crippen LogP contribution is 2.29. The number of nitrogens with one attached hydrogen (secondary N) is 1. The van der Waals surface area contributed by atoms with Crippen molar-refractivity contribution in [3.8, 4) is 11.8 Å². The maximum atomic E-state index is 11.0. The predicted octanol–water partition coefficient (Wildman–Crippen LogP) is 2.93. The van der Waals surface area contributed by atoms with Gasteiger partial charge in [-0.2, -0.15) is 5.26 Å². The van der Waals surface area contributed by atoms with Gasteiger partial charge in [-0.25, -0.2) is 4.98 Å². The minimum atomic E-state index is -0.563. The molecule has 21 heavy (non-hydrogen) atoms. The molecular weight excluding hydrogens is 292 g/mol. The van der Waals surface area contributed by atoms with E-state index >= 15 is 0 Å². The number of hydrogen-bond donors (Lipinski definition) is 1. The van der Waals surface area contributed by atoms with Crippen molar-refractivity contribution in [3.63, 3.8) is 0 Å². The third kappa shape index (κ3) is 3.67. The van der Waals surface area contributed by atoms with E-state index in [0.717, 1.165) is 16.6 Å². The second kappa shape index (κ2) is 6.67. The van der Waals surface area contributed by atoms with Crippen LogP contribution in [0.2, 0.25) is 0 Å². The van der Waals surface area contributed by atoms with Crippen LogP contribution in [-0.4, -0.2) is 16.5 Å². The number of nitrogens with zero attached hydrogens (tertiary/aromatic N) is 3. The number of nitriles is 1. The van der Waals surface area contributed by atoms with Crippen molar-refractivity contribution in [2.45, 2.75) is 13.5 Å². The van der Waals surface area contributed by atoms with Crippen molar-refractivity contribution in [2.75, 3.05) is 11.9 Å². The van der Waals surface area contributed by atoms with E-state index in [1.165, 1.54) is 29.5 Å². The first kappa shape index (κ1) is 14.7. The van der Waals surface area contributed by atoms with Gasteiger partial charge in [0.1, 0.15) is 6.61 Å². The monoisotopic (exact) mass is 304 g/mol. The van der Waals surface area contributed by atoms with Crippen LogP contribution in [0.1, 0.15) is 17.4 Å². The summed E-state index contributed by atoms with van der Waals surface area (Å²) < 4.78 is 5.47. The molecule has 1 heterocycles. The molecule has 2 aromatic rings. The summed E-state index contributed by atoms with van der Waals surface area (Å²) >= 11 is 1.43. The lowest BCUT2D eigenvalue weighted by Crippen LogP contribution is -1.98. The van der Waals surface area contributed by atoms with Crippen molar-refractivity contribution < 1.29 is 9.66 Å². The Balaban J connectivity index is 2.12. The van der Waals surface area contributed by atoms with Gasteiger partial charge in [-0.05, 0) is 19.1 Å². The van der Waals surface area contributed by atoms with Gasteiger partial charge < -0.3 is 10.1 Å². The lowest BCUT2D eigenvalue weighted by atomic mass is 10.2. The van der Waals surface area contributed by atoms with Crippen LogP contribution in [0.15, 0.2) is 24.4 Å². The van der Waals surface area contributed by atoms with Gasteiger partial charge in [-0.1, -0.05) is 11.3 Å². The van der Waals surface area contributed by atoms with Crippen LogP contribution in [0.5, 0.6) is 5.75 Å². The number of rotatable bonds is 6. The van der Waals surface area contributed by atoms with E-state index < -0.39 is 4.92 Å².